The van der Waals surface area contributed by atoms with Crippen LogP contribution < -0.4 is 43.7 Å². The van der Waals surface area contributed by atoms with E-state index in [0.717, 1.165) is 131 Å². The summed E-state index contributed by atoms with van der Waals surface area (Å²) >= 11 is 0. The van der Waals surface area contributed by atoms with Gasteiger partial charge in [-0.1, -0.05) is 18.2 Å². The minimum Gasteiger partial charge on any atom is -0.493 e. The number of hydrogen-bond acceptors (Lipinski definition) is 20. The number of rotatable bonds is 15. The highest BCUT2D eigenvalue weighted by Crippen LogP contribution is 2.54. The van der Waals surface area contributed by atoms with Crippen molar-refractivity contribution in [1.82, 2.24) is 34.5 Å². The minimum atomic E-state index is -4.80. The third-order valence-corrected chi connectivity index (χ3v) is 19.2. The van der Waals surface area contributed by atoms with Crippen LogP contribution in [0.5, 0.6) is 23.3 Å². The predicted octanol–water partition coefficient (Wildman–Crippen LogP) is 7.45. The molecule has 6 aliphatic heterocycles. The number of morpholine rings is 1. The van der Waals surface area contributed by atoms with Crippen molar-refractivity contribution in [3.05, 3.63) is 106 Å². The molecule has 2 atom stereocenters. The summed E-state index contributed by atoms with van der Waals surface area (Å²) in [4.78, 5) is 55.3. The lowest BCUT2D eigenvalue weighted by molar-refractivity contribution is -0.384. The first kappa shape index (κ1) is 55.7. The number of pyridine rings is 3. The summed E-state index contributed by atoms with van der Waals surface area (Å²) in [6, 6.07) is 21.1. The smallest absolute Gasteiger partial charge is 0.300 e. The number of hydrogen-bond donors (Lipinski definition) is 3. The van der Waals surface area contributed by atoms with E-state index in [2.05, 4.69) is 83.8 Å². The first-order chi connectivity index (χ1) is 40.8. The molecule has 0 bridgehead atoms. The first-order valence-corrected chi connectivity index (χ1v) is 30.9. The Morgan fingerprint density at radius 2 is 1.67 bits per heavy atom. The number of sulfonamides is 1. The topological polar surface area (TPSA) is 244 Å². The Labute approximate surface area is 488 Å². The van der Waals surface area contributed by atoms with Gasteiger partial charge < -0.3 is 53.4 Å². The molecule has 0 radical (unpaired) electrons. The molecule has 10 heterocycles. The molecule has 1 aliphatic carbocycles. The van der Waals surface area contributed by atoms with Gasteiger partial charge in [-0.3, -0.25) is 24.7 Å². The first-order valence-electron chi connectivity index (χ1n) is 29.4. The molecule has 5 fully saturated rings. The van der Waals surface area contributed by atoms with Crippen LogP contribution in [-0.2, 0) is 26.0 Å². The molecule has 3 N–H and O–H groups in total. The number of H-pyrrole nitrogens is 1. The summed E-state index contributed by atoms with van der Waals surface area (Å²) < 4.78 is 66.2. The number of aromatic nitrogens is 4. The van der Waals surface area contributed by atoms with Crippen molar-refractivity contribution >= 4 is 61.2 Å². The summed E-state index contributed by atoms with van der Waals surface area (Å²) in [5, 5.41) is 15.8. The fourth-order valence-corrected chi connectivity index (χ4v) is 14.6. The fourth-order valence-electron chi connectivity index (χ4n) is 13.6. The Morgan fingerprint density at radius 3 is 2.45 bits per heavy atom. The van der Waals surface area contributed by atoms with Gasteiger partial charge in [-0.25, -0.2) is 9.71 Å². The number of methoxy groups -OCH3 is 1. The lowest BCUT2D eigenvalue weighted by Crippen LogP contribution is -2.59. The molecule has 4 saturated heterocycles. The highest BCUT2D eigenvalue weighted by molar-refractivity contribution is 7.90. The van der Waals surface area contributed by atoms with Crippen LogP contribution in [0.25, 0.3) is 11.0 Å². The van der Waals surface area contributed by atoms with Gasteiger partial charge in [0, 0.05) is 101 Å². The van der Waals surface area contributed by atoms with Crippen molar-refractivity contribution in [1.29, 1.82) is 0 Å². The molecule has 0 unspecified atom stereocenters. The third-order valence-electron chi connectivity index (χ3n) is 18.0. The summed E-state index contributed by atoms with van der Waals surface area (Å²) in [5.41, 5.74) is 4.62. The Hall–Kier alpha value is -7.51. The second kappa shape index (κ2) is 23.2. The number of carbonyl (C=O) groups excluding carboxylic acids is 1. The quantitative estimate of drug-likeness (QED) is 0.0667. The van der Waals surface area contributed by atoms with Crippen LogP contribution in [0.15, 0.2) is 84.1 Å². The molecule has 6 aromatic rings. The SMILES string of the molecule is COc1cc(CN2CCN(C3CC4(CCN(c5ccc(C(=O)NS(=O)(=O)c6cc([N+](=O)[O-])c7c(n6)OC[C@@H](C6CCOCC6)N7)c(N6CCOc7nc8[nH]ccc8cc76)c5)CC4)C3)[C@@H](c3ccccc3OC(C)C)C2)cnc1N1CCOCC1. The summed E-state index contributed by atoms with van der Waals surface area (Å²) in [6.45, 7) is 13.9. The Balaban J connectivity index is 0.730. The molecule has 7 aliphatic rings. The van der Waals surface area contributed by atoms with Crippen molar-refractivity contribution in [2.75, 3.05) is 119 Å². The Morgan fingerprint density at radius 1 is 0.869 bits per heavy atom. The van der Waals surface area contributed by atoms with E-state index in [1.54, 1.807) is 19.4 Å². The lowest BCUT2D eigenvalue weighted by Gasteiger charge is -2.58. The van der Waals surface area contributed by atoms with Gasteiger partial charge in [-0.2, -0.15) is 18.4 Å². The highest BCUT2D eigenvalue weighted by atomic mass is 32.2. The van der Waals surface area contributed by atoms with Crippen LogP contribution >= 0.6 is 0 Å². The van der Waals surface area contributed by atoms with E-state index in [0.29, 0.717) is 61.9 Å². The number of nitrogens with one attached hydrogen (secondary N) is 3. The maximum Gasteiger partial charge on any atom is 0.300 e. The monoisotopic (exact) mass is 1170 g/mol. The number of fused-ring (bicyclic) bond motifs is 3. The van der Waals surface area contributed by atoms with Gasteiger partial charge in [0.2, 0.25) is 11.8 Å². The molecule has 1 saturated carbocycles. The number of anilines is 5. The van der Waals surface area contributed by atoms with Crippen molar-refractivity contribution in [2.24, 2.45) is 11.3 Å². The minimum absolute atomic E-state index is 0.00186. The number of ether oxygens (including phenoxy) is 6. The van der Waals surface area contributed by atoms with E-state index in [1.807, 2.05) is 35.4 Å². The molecule has 444 valence electrons. The maximum atomic E-state index is 14.6. The van der Waals surface area contributed by atoms with Gasteiger partial charge in [-0.15, -0.1) is 0 Å². The van der Waals surface area contributed by atoms with Gasteiger partial charge in [0.05, 0.1) is 67.3 Å². The average molecular weight is 1170 g/mol. The molecule has 1 spiro atoms. The van der Waals surface area contributed by atoms with Crippen molar-refractivity contribution in [2.45, 2.75) is 88.2 Å². The van der Waals surface area contributed by atoms with Gasteiger partial charge in [0.25, 0.3) is 15.9 Å². The van der Waals surface area contributed by atoms with E-state index >= 15 is 0 Å². The second-order valence-corrected chi connectivity index (χ2v) is 25.1. The number of aromatic amines is 1. The number of carbonyl (C=O) groups is 1. The summed E-state index contributed by atoms with van der Waals surface area (Å²) in [5.74, 6) is 1.91. The molecule has 84 heavy (non-hydrogen) atoms. The van der Waals surface area contributed by atoms with E-state index in [1.165, 1.54) is 5.56 Å². The zero-order valence-electron chi connectivity index (χ0n) is 47.7. The van der Waals surface area contributed by atoms with E-state index < -0.39 is 31.6 Å². The van der Waals surface area contributed by atoms with Crippen molar-refractivity contribution in [3.8, 4) is 23.3 Å². The largest absolute Gasteiger partial charge is 0.493 e. The number of nitro groups is 1. The number of nitrogens with zero attached hydrogens (tertiary/aromatic N) is 9. The fraction of sp³-hybridized carbons (Fsp3) is 0.500. The summed E-state index contributed by atoms with van der Waals surface area (Å²) in [6.07, 6.45) is 9.44. The molecule has 24 heteroatoms. The van der Waals surface area contributed by atoms with Crippen molar-refractivity contribution in [3.63, 3.8) is 0 Å². The van der Waals surface area contributed by atoms with Gasteiger partial charge in [0.1, 0.15) is 30.3 Å². The zero-order chi connectivity index (χ0) is 57.7. The molecule has 4 aromatic heterocycles. The number of para-hydroxylation sites is 1. The highest BCUT2D eigenvalue weighted by Gasteiger charge is 2.50. The molecule has 1 amide bonds. The van der Waals surface area contributed by atoms with E-state index in [9.17, 15) is 23.3 Å². The lowest BCUT2D eigenvalue weighted by atomic mass is 9.59. The molecular weight excluding hydrogens is 1100 g/mol. The average Bonchev–Trinajstić information content (AvgIpc) is 1.47. The third kappa shape index (κ3) is 11.1. The molecular formula is C60H72N12O11S. The molecule has 2 aromatic carbocycles. The van der Waals surface area contributed by atoms with Crippen molar-refractivity contribution < 1.29 is 46.6 Å². The predicted molar refractivity (Wildman–Crippen MR) is 315 cm³/mol. The Bertz CT molecular complexity index is 3540. The normalized spacial score (nSPS) is 21.5. The van der Waals surface area contributed by atoms with Gasteiger partial charge in [-0.05, 0) is 112 Å². The zero-order valence-corrected chi connectivity index (χ0v) is 48.5. The van der Waals surface area contributed by atoms with Crippen LogP contribution in [0, 0.1) is 21.4 Å². The maximum absolute atomic E-state index is 14.6. The standard InChI is InChI=1S/C60H72N12O11S/c1-38(2)83-51-7-5-4-6-44(51)50-36-67(35-39-28-52(78-3)56(62-34-39)69-20-25-80-26-21-69)18-19-70(50)43-32-60(33-43)13-16-68(17-14-60)42-8-9-45(47(30-42)71-22-27-81-58-49(71)29-41-10-15-61-55(41)65-58)57(73)66-84(76,77)53-31-48(72(74)75)54-59(64-53)82-37-46(63-54)40-11-23-79-24-12-40/h4-10,15,28-31,34,38,40,43,46,50,63H,11-14,16-27,32-33,35-37H2,1-3H3,(H,61,65)(H,66,73)/t46-,50+/m0/s1. The number of amides is 1. The van der Waals surface area contributed by atoms with Crippen LogP contribution in [0.4, 0.5) is 34.3 Å². The van der Waals surface area contributed by atoms with Crippen LogP contribution in [0.2, 0.25) is 0 Å². The van der Waals surface area contributed by atoms with E-state index in [4.69, 9.17) is 38.4 Å². The summed E-state index contributed by atoms with van der Waals surface area (Å²) in [7, 11) is -3.08. The van der Waals surface area contributed by atoms with E-state index in [-0.39, 0.29) is 59.9 Å². The molecule has 13 rings (SSSR count). The van der Waals surface area contributed by atoms with Crippen LogP contribution in [0.3, 0.4) is 0 Å². The van der Waals surface area contributed by atoms with Crippen LogP contribution in [-0.4, -0.2) is 166 Å². The molecule has 23 nitrogen and oxygen atoms in total. The number of piperazine rings is 1. The number of piperidine rings is 1. The van der Waals surface area contributed by atoms with Crippen LogP contribution in [0.1, 0.15) is 79.9 Å². The number of benzene rings is 2. The Kier molecular flexibility index (Phi) is 15.3. The second-order valence-electron chi connectivity index (χ2n) is 23.5. The van der Waals surface area contributed by atoms with Gasteiger partial charge in [0.15, 0.2) is 22.3 Å². The van der Waals surface area contributed by atoms with Gasteiger partial charge >= 0.3 is 5.69 Å².